The molecule has 17 heavy (non-hydrogen) atoms. The van der Waals surface area contributed by atoms with Crippen LogP contribution in [0.2, 0.25) is 0 Å². The molecule has 1 N–H and O–H groups in total. The van der Waals surface area contributed by atoms with E-state index in [0.717, 1.165) is 25.7 Å². The molecule has 4 atom stereocenters. The first kappa shape index (κ1) is 13.3. The smallest absolute Gasteiger partial charge is 0.211 e. The topological polar surface area (TPSA) is 57.6 Å². The van der Waals surface area contributed by atoms with Crippen molar-refractivity contribution in [2.75, 3.05) is 19.3 Å². The summed E-state index contributed by atoms with van der Waals surface area (Å²) < 4.78 is 24.5. The van der Waals surface area contributed by atoms with E-state index in [1.807, 2.05) is 0 Å². The van der Waals surface area contributed by atoms with Crippen LogP contribution >= 0.6 is 0 Å². The van der Waals surface area contributed by atoms with Gasteiger partial charge in [0.2, 0.25) is 10.0 Å². The zero-order valence-electron chi connectivity index (χ0n) is 10.7. The molecular formula is C12H23NO3S. The third-order valence-electron chi connectivity index (χ3n) is 4.19. The van der Waals surface area contributed by atoms with E-state index in [2.05, 4.69) is 6.92 Å². The van der Waals surface area contributed by atoms with E-state index in [0.29, 0.717) is 30.8 Å². The van der Waals surface area contributed by atoms with Gasteiger partial charge in [-0.1, -0.05) is 6.92 Å². The van der Waals surface area contributed by atoms with Gasteiger partial charge in [-0.15, -0.1) is 0 Å². The third kappa shape index (κ3) is 3.42. The van der Waals surface area contributed by atoms with E-state index in [1.54, 1.807) is 4.31 Å². The predicted octanol–water partition coefficient (Wildman–Crippen LogP) is 1.06. The molecule has 0 spiro atoms. The molecule has 1 saturated carbocycles. The largest absolute Gasteiger partial charge is 0.393 e. The molecule has 0 radical (unpaired) electrons. The number of aliphatic hydroxyl groups is 1. The van der Waals surface area contributed by atoms with Crippen molar-refractivity contribution < 1.29 is 13.5 Å². The first-order valence-corrected chi connectivity index (χ1v) is 8.36. The van der Waals surface area contributed by atoms with Crippen LogP contribution in [0.15, 0.2) is 0 Å². The van der Waals surface area contributed by atoms with Crippen molar-refractivity contribution in [3.05, 3.63) is 0 Å². The summed E-state index contributed by atoms with van der Waals surface area (Å²) in [6.07, 6.45) is 4.91. The Balaban J connectivity index is 1.85. The lowest BCUT2D eigenvalue weighted by molar-refractivity contribution is 0.0997. The zero-order valence-corrected chi connectivity index (χ0v) is 11.5. The second-order valence-electron chi connectivity index (χ2n) is 5.81. The minimum atomic E-state index is -3.06. The van der Waals surface area contributed by atoms with Crippen LogP contribution in [0, 0.1) is 17.8 Å². The normalized spacial score (nSPS) is 36.8. The van der Waals surface area contributed by atoms with Gasteiger partial charge in [0, 0.05) is 13.1 Å². The molecule has 0 aromatic rings. The van der Waals surface area contributed by atoms with E-state index >= 15 is 0 Å². The van der Waals surface area contributed by atoms with Gasteiger partial charge in [-0.3, -0.25) is 0 Å². The van der Waals surface area contributed by atoms with Crippen LogP contribution in [0.1, 0.15) is 32.6 Å². The molecular weight excluding hydrogens is 238 g/mol. The average Bonchev–Trinajstić information content (AvgIpc) is 2.95. The van der Waals surface area contributed by atoms with Crippen LogP contribution in [0.4, 0.5) is 0 Å². The first-order chi connectivity index (χ1) is 7.88. The lowest BCUT2D eigenvalue weighted by Crippen LogP contribution is -2.40. The van der Waals surface area contributed by atoms with Crippen molar-refractivity contribution in [1.29, 1.82) is 0 Å². The van der Waals surface area contributed by atoms with Gasteiger partial charge in [0.25, 0.3) is 0 Å². The Morgan fingerprint density at radius 1 is 1.47 bits per heavy atom. The summed E-state index contributed by atoms with van der Waals surface area (Å²) in [6, 6.07) is 0. The van der Waals surface area contributed by atoms with Gasteiger partial charge in [0.15, 0.2) is 0 Å². The summed E-state index contributed by atoms with van der Waals surface area (Å²) >= 11 is 0. The summed E-state index contributed by atoms with van der Waals surface area (Å²) in [5, 5.41) is 10.0. The number of hydrogen-bond donors (Lipinski definition) is 1. The van der Waals surface area contributed by atoms with E-state index in [9.17, 15) is 13.5 Å². The fourth-order valence-corrected chi connectivity index (χ4v) is 3.87. The van der Waals surface area contributed by atoms with Crippen LogP contribution in [-0.2, 0) is 10.0 Å². The monoisotopic (exact) mass is 261 g/mol. The maximum atomic E-state index is 11.5. The summed E-state index contributed by atoms with van der Waals surface area (Å²) in [5.74, 6) is 1.45. The molecule has 5 heteroatoms. The molecule has 0 amide bonds. The predicted molar refractivity (Wildman–Crippen MR) is 67.0 cm³/mol. The maximum absolute atomic E-state index is 11.5. The molecule has 0 bridgehead atoms. The van der Waals surface area contributed by atoms with E-state index in [-0.39, 0.29) is 6.10 Å². The molecule has 100 valence electrons. The van der Waals surface area contributed by atoms with Crippen molar-refractivity contribution >= 4 is 10.0 Å². The van der Waals surface area contributed by atoms with Crippen molar-refractivity contribution in [3.8, 4) is 0 Å². The summed E-state index contributed by atoms with van der Waals surface area (Å²) in [7, 11) is -3.06. The second-order valence-corrected chi connectivity index (χ2v) is 7.79. The van der Waals surface area contributed by atoms with E-state index in [4.69, 9.17) is 0 Å². The number of aliphatic hydroxyl groups excluding tert-OH is 1. The molecule has 1 heterocycles. The summed E-state index contributed by atoms with van der Waals surface area (Å²) in [4.78, 5) is 0. The van der Waals surface area contributed by atoms with Crippen molar-refractivity contribution in [2.45, 2.75) is 38.7 Å². The number of nitrogens with zero attached hydrogens (tertiary/aromatic N) is 1. The molecule has 1 aliphatic carbocycles. The van der Waals surface area contributed by atoms with Gasteiger partial charge < -0.3 is 5.11 Å². The van der Waals surface area contributed by atoms with Gasteiger partial charge in [0.1, 0.15) is 0 Å². The number of sulfonamides is 1. The first-order valence-electron chi connectivity index (χ1n) is 6.51. The Hall–Kier alpha value is -0.130. The highest BCUT2D eigenvalue weighted by Gasteiger charge is 2.40. The minimum absolute atomic E-state index is 0.227. The fraction of sp³-hybridized carbons (Fsp3) is 1.00. The molecule has 2 aliphatic rings. The van der Waals surface area contributed by atoms with Gasteiger partial charge in [-0.2, -0.15) is 0 Å². The molecule has 4 nitrogen and oxygen atoms in total. The van der Waals surface area contributed by atoms with Crippen molar-refractivity contribution in [3.63, 3.8) is 0 Å². The molecule has 1 aliphatic heterocycles. The second kappa shape index (κ2) is 4.86. The van der Waals surface area contributed by atoms with E-state index in [1.165, 1.54) is 6.26 Å². The standard InChI is InChI=1S/C12H23NO3S/c1-9-6-11(9)12(14)7-10-4-3-5-13(8-10)17(2,15)16/h9-12,14H,3-8H2,1-2H3. The highest BCUT2D eigenvalue weighted by Crippen LogP contribution is 2.42. The van der Waals surface area contributed by atoms with Gasteiger partial charge in [-0.05, 0) is 43.4 Å². The molecule has 2 rings (SSSR count). The Labute approximate surface area is 104 Å². The van der Waals surface area contributed by atoms with Crippen LogP contribution in [0.25, 0.3) is 0 Å². The molecule has 0 aromatic heterocycles. The number of hydrogen-bond acceptors (Lipinski definition) is 3. The highest BCUT2D eigenvalue weighted by molar-refractivity contribution is 7.88. The minimum Gasteiger partial charge on any atom is -0.393 e. The highest BCUT2D eigenvalue weighted by atomic mass is 32.2. The lowest BCUT2D eigenvalue weighted by Gasteiger charge is -2.32. The van der Waals surface area contributed by atoms with Gasteiger partial charge in [-0.25, -0.2) is 12.7 Å². The quantitative estimate of drug-likeness (QED) is 0.823. The lowest BCUT2D eigenvalue weighted by atomic mass is 9.91. The zero-order chi connectivity index (χ0) is 12.6. The van der Waals surface area contributed by atoms with Crippen LogP contribution in [-0.4, -0.2) is 43.3 Å². The Morgan fingerprint density at radius 2 is 2.12 bits per heavy atom. The number of rotatable bonds is 4. The summed E-state index contributed by atoms with van der Waals surface area (Å²) in [5.41, 5.74) is 0. The van der Waals surface area contributed by atoms with Gasteiger partial charge >= 0.3 is 0 Å². The van der Waals surface area contributed by atoms with Gasteiger partial charge in [0.05, 0.1) is 12.4 Å². The van der Waals surface area contributed by atoms with Crippen LogP contribution in [0.3, 0.4) is 0 Å². The molecule has 1 saturated heterocycles. The maximum Gasteiger partial charge on any atom is 0.211 e. The number of piperidine rings is 1. The van der Waals surface area contributed by atoms with Crippen molar-refractivity contribution in [1.82, 2.24) is 4.31 Å². The van der Waals surface area contributed by atoms with Crippen LogP contribution < -0.4 is 0 Å². The average molecular weight is 261 g/mol. The molecule has 4 unspecified atom stereocenters. The van der Waals surface area contributed by atoms with E-state index < -0.39 is 10.0 Å². The van der Waals surface area contributed by atoms with Crippen molar-refractivity contribution in [2.24, 2.45) is 17.8 Å². The summed E-state index contributed by atoms with van der Waals surface area (Å²) in [6.45, 7) is 3.40. The molecule has 0 aromatic carbocycles. The molecule has 2 fully saturated rings. The SMILES string of the molecule is CC1CC1C(O)CC1CCCN(S(C)(=O)=O)C1. The third-order valence-corrected chi connectivity index (χ3v) is 5.46. The Morgan fingerprint density at radius 3 is 2.65 bits per heavy atom. The Kier molecular flexibility index (Phi) is 3.80. The Bertz CT molecular complexity index is 368. The fourth-order valence-electron chi connectivity index (χ4n) is 2.92. The van der Waals surface area contributed by atoms with Crippen LogP contribution in [0.5, 0.6) is 0 Å².